The van der Waals surface area contributed by atoms with Crippen molar-refractivity contribution >= 4 is 5.91 Å². The molecule has 1 aromatic heterocycles. The molecule has 0 aliphatic heterocycles. The number of hydrogen-bond acceptors (Lipinski definition) is 3. The smallest absolute Gasteiger partial charge is 0.220 e. The lowest BCUT2D eigenvalue weighted by atomic mass is 9.85. The number of nitrogens with two attached hydrogens (primary N) is 1. The number of primary amides is 1. The van der Waals surface area contributed by atoms with Gasteiger partial charge in [0.2, 0.25) is 5.91 Å². The number of nitrogens with one attached hydrogen (secondary N) is 1. The molecule has 0 saturated heterocycles. The molecule has 4 nitrogen and oxygen atoms in total. The Bertz CT molecular complexity index is 385. The van der Waals surface area contributed by atoms with E-state index in [4.69, 9.17) is 5.73 Å². The third-order valence-corrected chi connectivity index (χ3v) is 3.75. The zero-order valence-electron chi connectivity index (χ0n) is 10.8. The molecule has 98 valence electrons. The molecule has 18 heavy (non-hydrogen) atoms. The molecule has 1 heterocycles. The lowest BCUT2D eigenvalue weighted by Crippen LogP contribution is -2.38. The van der Waals surface area contributed by atoms with Crippen LogP contribution in [0.2, 0.25) is 0 Å². The van der Waals surface area contributed by atoms with Gasteiger partial charge < -0.3 is 11.1 Å². The molecule has 2 rings (SSSR count). The van der Waals surface area contributed by atoms with E-state index in [9.17, 15) is 4.79 Å². The molecule has 0 spiro atoms. The normalized spacial score (nSPS) is 25.6. The fourth-order valence-corrected chi connectivity index (χ4v) is 2.62. The summed E-state index contributed by atoms with van der Waals surface area (Å²) in [5.74, 6) is -0.0700. The number of carbonyl (C=O) groups excluding carboxylic acids is 1. The molecule has 1 aromatic rings. The molecule has 1 aliphatic carbocycles. The molecule has 1 amide bonds. The molecular weight excluding hydrogens is 226 g/mol. The van der Waals surface area contributed by atoms with Crippen LogP contribution in [0.4, 0.5) is 0 Å². The van der Waals surface area contributed by atoms with E-state index in [1.165, 1.54) is 0 Å². The van der Waals surface area contributed by atoms with Crippen molar-refractivity contribution < 1.29 is 4.79 Å². The van der Waals surface area contributed by atoms with Crippen LogP contribution in [0.25, 0.3) is 0 Å². The van der Waals surface area contributed by atoms with Gasteiger partial charge >= 0.3 is 0 Å². The van der Waals surface area contributed by atoms with Crippen molar-refractivity contribution in [3.8, 4) is 0 Å². The summed E-state index contributed by atoms with van der Waals surface area (Å²) in [6.07, 6.45) is 5.66. The van der Waals surface area contributed by atoms with Gasteiger partial charge in [0.05, 0.1) is 5.69 Å². The Kier molecular flexibility index (Phi) is 4.31. The highest BCUT2D eigenvalue weighted by Crippen LogP contribution is 2.25. The molecule has 0 bridgehead atoms. The Balaban J connectivity index is 1.83. The van der Waals surface area contributed by atoms with Gasteiger partial charge in [0.1, 0.15) is 0 Å². The topological polar surface area (TPSA) is 68.0 Å². The lowest BCUT2D eigenvalue weighted by molar-refractivity contribution is -0.122. The Labute approximate surface area is 108 Å². The van der Waals surface area contributed by atoms with E-state index in [1.54, 1.807) is 0 Å². The van der Waals surface area contributed by atoms with Crippen LogP contribution in [0.3, 0.4) is 0 Å². The van der Waals surface area contributed by atoms with Gasteiger partial charge in [0, 0.05) is 24.2 Å². The number of rotatable bonds is 4. The Morgan fingerprint density at radius 3 is 2.67 bits per heavy atom. The fraction of sp³-hybridized carbons (Fsp3) is 0.571. The third-order valence-electron chi connectivity index (χ3n) is 3.75. The average Bonchev–Trinajstić information content (AvgIpc) is 2.40. The molecule has 1 saturated carbocycles. The van der Waals surface area contributed by atoms with Crippen LogP contribution in [-0.2, 0) is 4.79 Å². The highest BCUT2D eigenvalue weighted by Gasteiger charge is 2.25. The van der Waals surface area contributed by atoms with Crippen molar-refractivity contribution in [2.75, 3.05) is 0 Å². The number of amides is 1. The number of aromatic nitrogens is 1. The van der Waals surface area contributed by atoms with Crippen LogP contribution in [0, 0.1) is 5.92 Å². The van der Waals surface area contributed by atoms with Gasteiger partial charge in [0.25, 0.3) is 0 Å². The first kappa shape index (κ1) is 13.0. The second kappa shape index (κ2) is 5.96. The van der Waals surface area contributed by atoms with E-state index in [0.717, 1.165) is 31.4 Å². The molecule has 0 radical (unpaired) electrons. The van der Waals surface area contributed by atoms with Crippen molar-refractivity contribution in [1.29, 1.82) is 0 Å². The predicted octanol–water partition coefficient (Wildman–Crippen LogP) is 1.78. The molecule has 1 fully saturated rings. The van der Waals surface area contributed by atoms with E-state index in [1.807, 2.05) is 24.4 Å². The number of carbonyl (C=O) groups is 1. The second-order valence-electron chi connectivity index (χ2n) is 5.09. The predicted molar refractivity (Wildman–Crippen MR) is 70.7 cm³/mol. The Morgan fingerprint density at radius 1 is 1.39 bits per heavy atom. The van der Waals surface area contributed by atoms with Crippen LogP contribution in [-0.4, -0.2) is 16.9 Å². The van der Waals surface area contributed by atoms with Gasteiger partial charge in [0.15, 0.2) is 0 Å². The number of nitrogens with zero attached hydrogens (tertiary/aromatic N) is 1. The first-order chi connectivity index (χ1) is 8.66. The maximum Gasteiger partial charge on any atom is 0.220 e. The Hall–Kier alpha value is -1.42. The van der Waals surface area contributed by atoms with E-state index in [0.29, 0.717) is 6.04 Å². The SMILES string of the molecule is CC(NC1CCC(C(N)=O)CC1)c1ccccn1. The summed E-state index contributed by atoms with van der Waals surface area (Å²) >= 11 is 0. The van der Waals surface area contributed by atoms with E-state index >= 15 is 0 Å². The largest absolute Gasteiger partial charge is 0.369 e. The quantitative estimate of drug-likeness (QED) is 0.852. The van der Waals surface area contributed by atoms with Crippen molar-refractivity contribution in [1.82, 2.24) is 10.3 Å². The first-order valence-corrected chi connectivity index (χ1v) is 6.63. The lowest BCUT2D eigenvalue weighted by Gasteiger charge is -2.29. The summed E-state index contributed by atoms with van der Waals surface area (Å²) in [5, 5.41) is 3.58. The summed E-state index contributed by atoms with van der Waals surface area (Å²) in [6, 6.07) is 6.69. The van der Waals surface area contributed by atoms with Crippen LogP contribution >= 0.6 is 0 Å². The number of hydrogen-bond donors (Lipinski definition) is 2. The third kappa shape index (κ3) is 3.29. The minimum Gasteiger partial charge on any atom is -0.369 e. The van der Waals surface area contributed by atoms with Crippen LogP contribution < -0.4 is 11.1 Å². The molecular formula is C14H21N3O. The van der Waals surface area contributed by atoms with E-state index in [2.05, 4.69) is 17.2 Å². The van der Waals surface area contributed by atoms with Gasteiger partial charge in [-0.2, -0.15) is 0 Å². The molecule has 0 aromatic carbocycles. The van der Waals surface area contributed by atoms with Gasteiger partial charge in [-0.1, -0.05) is 6.07 Å². The second-order valence-corrected chi connectivity index (χ2v) is 5.09. The summed E-state index contributed by atoms with van der Waals surface area (Å²) in [5.41, 5.74) is 6.40. The minimum absolute atomic E-state index is 0.0770. The van der Waals surface area contributed by atoms with Gasteiger partial charge in [-0.3, -0.25) is 9.78 Å². The number of pyridine rings is 1. The van der Waals surface area contributed by atoms with Gasteiger partial charge in [-0.25, -0.2) is 0 Å². The maximum absolute atomic E-state index is 11.1. The molecule has 4 heteroatoms. The zero-order valence-corrected chi connectivity index (χ0v) is 10.8. The molecule has 1 aliphatic rings. The highest BCUT2D eigenvalue weighted by atomic mass is 16.1. The monoisotopic (exact) mass is 247 g/mol. The molecule has 1 unspecified atom stereocenters. The molecule has 1 atom stereocenters. The van der Waals surface area contributed by atoms with Gasteiger partial charge in [-0.15, -0.1) is 0 Å². The summed E-state index contributed by atoms with van der Waals surface area (Å²) < 4.78 is 0. The molecule has 3 N–H and O–H groups in total. The standard InChI is InChI=1S/C14H21N3O/c1-10(13-4-2-3-9-16-13)17-12-7-5-11(6-8-12)14(15)18/h2-4,9-12,17H,5-8H2,1H3,(H2,15,18). The Morgan fingerprint density at radius 2 is 2.11 bits per heavy atom. The summed E-state index contributed by atoms with van der Waals surface area (Å²) in [7, 11) is 0. The van der Waals surface area contributed by atoms with Crippen molar-refractivity contribution in [2.45, 2.75) is 44.7 Å². The minimum atomic E-state index is -0.147. The maximum atomic E-state index is 11.1. The van der Waals surface area contributed by atoms with E-state index < -0.39 is 0 Å². The van der Waals surface area contributed by atoms with Gasteiger partial charge in [-0.05, 0) is 44.7 Å². The summed E-state index contributed by atoms with van der Waals surface area (Å²) in [4.78, 5) is 15.4. The summed E-state index contributed by atoms with van der Waals surface area (Å²) in [6.45, 7) is 2.13. The van der Waals surface area contributed by atoms with E-state index in [-0.39, 0.29) is 17.9 Å². The average molecular weight is 247 g/mol. The van der Waals surface area contributed by atoms with Crippen LogP contribution in [0.5, 0.6) is 0 Å². The van der Waals surface area contributed by atoms with Crippen LogP contribution in [0.15, 0.2) is 24.4 Å². The van der Waals surface area contributed by atoms with Crippen molar-refractivity contribution in [2.24, 2.45) is 11.7 Å². The zero-order chi connectivity index (χ0) is 13.0. The van der Waals surface area contributed by atoms with Crippen molar-refractivity contribution in [3.63, 3.8) is 0 Å². The first-order valence-electron chi connectivity index (χ1n) is 6.63. The highest BCUT2D eigenvalue weighted by molar-refractivity contribution is 5.76. The fourth-order valence-electron chi connectivity index (χ4n) is 2.62. The van der Waals surface area contributed by atoms with Crippen molar-refractivity contribution in [3.05, 3.63) is 30.1 Å². The van der Waals surface area contributed by atoms with Crippen LogP contribution in [0.1, 0.15) is 44.3 Å².